The lowest BCUT2D eigenvalue weighted by Crippen LogP contribution is -2.12. The second-order valence-electron chi connectivity index (χ2n) is 5.13. The molecule has 0 bridgehead atoms. The number of hydrogen-bond acceptors (Lipinski definition) is 7. The third kappa shape index (κ3) is 4.79. The lowest BCUT2D eigenvalue weighted by atomic mass is 10.2. The number of halogens is 2. The number of carbonyl (C=O) groups is 1. The highest BCUT2D eigenvalue weighted by atomic mass is 35.5. The number of nitro benzene ring substituents is 1. The number of hydrogen-bond donors (Lipinski definition) is 1. The van der Waals surface area contributed by atoms with Gasteiger partial charge in [-0.2, -0.15) is 0 Å². The van der Waals surface area contributed by atoms with E-state index in [4.69, 9.17) is 11.6 Å². The number of anilines is 1. The quantitative estimate of drug-likeness (QED) is 0.264. The molecule has 27 heavy (non-hydrogen) atoms. The molecule has 1 aromatic heterocycles. The summed E-state index contributed by atoms with van der Waals surface area (Å²) in [4.78, 5) is 22.5. The summed E-state index contributed by atoms with van der Waals surface area (Å²) in [5.41, 5.74) is 0.247. The molecule has 0 spiro atoms. The van der Waals surface area contributed by atoms with Crippen LogP contribution in [0.4, 0.5) is 15.2 Å². The van der Waals surface area contributed by atoms with Gasteiger partial charge in [0.15, 0.2) is 4.34 Å². The highest BCUT2D eigenvalue weighted by Gasteiger charge is 2.17. The second-order valence-corrected chi connectivity index (χ2v) is 7.74. The van der Waals surface area contributed by atoms with Gasteiger partial charge in [-0.25, -0.2) is 4.39 Å². The molecule has 0 aliphatic carbocycles. The SMILES string of the molecule is O=C(Nc1nnc(SCc2ccccc2F)s1)c1cc([N+](=O)[O-])ccc1Cl. The molecule has 1 amide bonds. The predicted octanol–water partition coefficient (Wildman–Crippen LogP) is 4.78. The number of non-ortho nitro benzene ring substituents is 1. The molecule has 0 atom stereocenters. The molecule has 3 aromatic rings. The Morgan fingerprint density at radius 3 is 2.81 bits per heavy atom. The molecular weight excluding hydrogens is 415 g/mol. The molecule has 0 radical (unpaired) electrons. The van der Waals surface area contributed by atoms with E-state index in [1.54, 1.807) is 18.2 Å². The number of rotatable bonds is 6. The third-order valence-electron chi connectivity index (χ3n) is 3.34. The van der Waals surface area contributed by atoms with Crippen molar-refractivity contribution in [3.05, 3.63) is 74.5 Å². The summed E-state index contributed by atoms with van der Waals surface area (Å²) < 4.78 is 14.2. The van der Waals surface area contributed by atoms with E-state index in [0.717, 1.165) is 17.4 Å². The summed E-state index contributed by atoms with van der Waals surface area (Å²) in [6, 6.07) is 9.99. The van der Waals surface area contributed by atoms with Crippen molar-refractivity contribution in [3.63, 3.8) is 0 Å². The summed E-state index contributed by atoms with van der Waals surface area (Å²) in [7, 11) is 0. The first-order chi connectivity index (χ1) is 12.9. The number of benzene rings is 2. The highest BCUT2D eigenvalue weighted by molar-refractivity contribution is 8.00. The number of amides is 1. The van der Waals surface area contributed by atoms with Gasteiger partial charge in [0.05, 0.1) is 15.5 Å². The average molecular weight is 425 g/mol. The van der Waals surface area contributed by atoms with Crippen molar-refractivity contribution in [1.82, 2.24) is 10.2 Å². The fourth-order valence-corrected chi connectivity index (χ4v) is 3.98. The van der Waals surface area contributed by atoms with Gasteiger partial charge in [0.2, 0.25) is 5.13 Å². The van der Waals surface area contributed by atoms with Gasteiger partial charge in [-0.1, -0.05) is 52.9 Å². The maximum atomic E-state index is 13.6. The van der Waals surface area contributed by atoms with Crippen molar-refractivity contribution in [1.29, 1.82) is 0 Å². The first-order valence-corrected chi connectivity index (χ1v) is 9.57. The topological polar surface area (TPSA) is 98.0 Å². The summed E-state index contributed by atoms with van der Waals surface area (Å²) in [6.07, 6.45) is 0. The minimum Gasteiger partial charge on any atom is -0.296 e. The van der Waals surface area contributed by atoms with E-state index < -0.39 is 10.8 Å². The number of thioether (sulfide) groups is 1. The van der Waals surface area contributed by atoms with Gasteiger partial charge in [0.1, 0.15) is 5.82 Å². The fraction of sp³-hybridized carbons (Fsp3) is 0.0625. The number of nitrogens with one attached hydrogen (secondary N) is 1. The van der Waals surface area contributed by atoms with Crippen molar-refractivity contribution in [2.24, 2.45) is 0 Å². The Hall–Kier alpha value is -2.56. The van der Waals surface area contributed by atoms with E-state index in [1.807, 2.05) is 0 Å². The zero-order chi connectivity index (χ0) is 19.4. The minimum atomic E-state index is -0.634. The summed E-state index contributed by atoms with van der Waals surface area (Å²) in [6.45, 7) is 0. The van der Waals surface area contributed by atoms with E-state index in [-0.39, 0.29) is 27.2 Å². The Morgan fingerprint density at radius 1 is 1.30 bits per heavy atom. The first-order valence-electron chi connectivity index (χ1n) is 7.39. The monoisotopic (exact) mass is 424 g/mol. The normalized spacial score (nSPS) is 10.6. The molecular formula is C16H10ClFN4O3S2. The van der Waals surface area contributed by atoms with Gasteiger partial charge in [-0.3, -0.25) is 20.2 Å². The van der Waals surface area contributed by atoms with E-state index in [2.05, 4.69) is 15.5 Å². The number of aromatic nitrogens is 2. The molecule has 0 unspecified atom stereocenters. The molecule has 1 N–H and O–H groups in total. The maximum Gasteiger partial charge on any atom is 0.270 e. The predicted molar refractivity (Wildman–Crippen MR) is 102 cm³/mol. The van der Waals surface area contributed by atoms with Crippen LogP contribution < -0.4 is 5.32 Å². The van der Waals surface area contributed by atoms with Crippen LogP contribution in [-0.2, 0) is 5.75 Å². The lowest BCUT2D eigenvalue weighted by molar-refractivity contribution is -0.384. The van der Waals surface area contributed by atoms with E-state index in [9.17, 15) is 19.3 Å². The molecule has 0 saturated carbocycles. The van der Waals surface area contributed by atoms with Crippen LogP contribution in [-0.4, -0.2) is 21.0 Å². The molecule has 0 aliphatic rings. The van der Waals surface area contributed by atoms with E-state index in [1.165, 1.54) is 30.0 Å². The molecule has 11 heteroatoms. The Kier molecular flexibility index (Phi) is 5.99. The summed E-state index contributed by atoms with van der Waals surface area (Å²) in [5, 5.41) is 21.4. The van der Waals surface area contributed by atoms with Gasteiger partial charge in [-0.05, 0) is 17.7 Å². The van der Waals surface area contributed by atoms with Gasteiger partial charge >= 0.3 is 0 Å². The van der Waals surface area contributed by atoms with E-state index in [0.29, 0.717) is 15.7 Å². The Labute approximate surface area is 165 Å². The van der Waals surface area contributed by atoms with Gasteiger partial charge in [0.25, 0.3) is 11.6 Å². The largest absolute Gasteiger partial charge is 0.296 e. The molecule has 0 saturated heterocycles. The van der Waals surface area contributed by atoms with Crippen LogP contribution in [0.1, 0.15) is 15.9 Å². The number of nitro groups is 1. The van der Waals surface area contributed by atoms with Crippen LogP contribution in [0.2, 0.25) is 5.02 Å². The van der Waals surface area contributed by atoms with Crippen molar-refractivity contribution in [2.75, 3.05) is 5.32 Å². The Balaban J connectivity index is 1.67. The lowest BCUT2D eigenvalue weighted by Gasteiger charge is -2.03. The smallest absolute Gasteiger partial charge is 0.270 e. The standard InChI is InChI=1S/C16H10ClFN4O3S2/c17-12-6-5-10(22(24)25)7-11(12)14(23)19-15-20-21-16(27-15)26-8-9-3-1-2-4-13(9)18/h1-7H,8H2,(H,19,20,23). The Morgan fingerprint density at radius 2 is 2.07 bits per heavy atom. The highest BCUT2D eigenvalue weighted by Crippen LogP contribution is 2.30. The zero-order valence-corrected chi connectivity index (χ0v) is 15.8. The van der Waals surface area contributed by atoms with E-state index >= 15 is 0 Å². The summed E-state index contributed by atoms with van der Waals surface area (Å²) in [5.74, 6) is -0.569. The van der Waals surface area contributed by atoms with Crippen LogP contribution in [0.15, 0.2) is 46.8 Å². The summed E-state index contributed by atoms with van der Waals surface area (Å²) >= 11 is 8.33. The van der Waals surface area contributed by atoms with Crippen molar-refractivity contribution >= 4 is 51.4 Å². The molecule has 0 aliphatic heterocycles. The van der Waals surface area contributed by atoms with Crippen molar-refractivity contribution < 1.29 is 14.1 Å². The van der Waals surface area contributed by atoms with Crippen LogP contribution >= 0.6 is 34.7 Å². The van der Waals surface area contributed by atoms with Crippen molar-refractivity contribution in [2.45, 2.75) is 10.1 Å². The second kappa shape index (κ2) is 8.42. The maximum absolute atomic E-state index is 13.6. The number of nitrogens with zero attached hydrogens (tertiary/aromatic N) is 3. The molecule has 3 rings (SSSR count). The van der Waals surface area contributed by atoms with Crippen LogP contribution in [0, 0.1) is 15.9 Å². The van der Waals surface area contributed by atoms with Gasteiger partial charge in [0, 0.05) is 17.9 Å². The molecule has 2 aromatic carbocycles. The zero-order valence-electron chi connectivity index (χ0n) is 13.4. The van der Waals surface area contributed by atoms with Crippen LogP contribution in [0.3, 0.4) is 0 Å². The van der Waals surface area contributed by atoms with Crippen LogP contribution in [0.5, 0.6) is 0 Å². The molecule has 0 fully saturated rings. The Bertz CT molecular complexity index is 1010. The molecule has 1 heterocycles. The fourth-order valence-electron chi connectivity index (χ4n) is 2.04. The average Bonchev–Trinajstić information content (AvgIpc) is 3.08. The minimum absolute atomic E-state index is 0.0402. The molecule has 138 valence electrons. The molecule has 7 nitrogen and oxygen atoms in total. The van der Waals surface area contributed by atoms with Gasteiger partial charge < -0.3 is 0 Å². The third-order valence-corrected chi connectivity index (χ3v) is 5.69. The first kappa shape index (κ1) is 19.2. The van der Waals surface area contributed by atoms with Crippen LogP contribution in [0.25, 0.3) is 0 Å². The van der Waals surface area contributed by atoms with Gasteiger partial charge in [-0.15, -0.1) is 10.2 Å². The number of carbonyl (C=O) groups excluding carboxylic acids is 1. The van der Waals surface area contributed by atoms with Crippen molar-refractivity contribution in [3.8, 4) is 0 Å².